The molecule has 7 heteroatoms. The Morgan fingerprint density at radius 1 is 1.31 bits per heavy atom. The van der Waals surface area contributed by atoms with Crippen molar-refractivity contribution in [1.82, 2.24) is 0 Å². The maximum absolute atomic E-state index is 10.8. The first kappa shape index (κ1) is 12.4. The molecule has 16 heavy (non-hydrogen) atoms. The van der Waals surface area contributed by atoms with E-state index in [0.29, 0.717) is 0 Å². The summed E-state index contributed by atoms with van der Waals surface area (Å²) in [6.45, 7) is 0. The smallest absolute Gasteiger partial charge is 0.504 e. The summed E-state index contributed by atoms with van der Waals surface area (Å²) in [5, 5.41) is 27.1. The van der Waals surface area contributed by atoms with Gasteiger partial charge < -0.3 is 15.3 Å². The minimum atomic E-state index is -2.59. The molecule has 4 N–H and O–H groups in total. The van der Waals surface area contributed by atoms with Crippen molar-refractivity contribution in [2.45, 2.75) is 5.92 Å². The summed E-state index contributed by atoms with van der Waals surface area (Å²) in [6.07, 6.45) is -0.436. The molecule has 0 aliphatic carbocycles. The summed E-state index contributed by atoms with van der Waals surface area (Å²) in [7, 11) is -2.59. The van der Waals surface area contributed by atoms with E-state index in [9.17, 15) is 14.5 Å². The minimum absolute atomic E-state index is 0.167. The second kappa shape index (κ2) is 4.92. The highest BCUT2D eigenvalue weighted by Gasteiger charge is 2.29. The first-order valence-corrected chi connectivity index (χ1v) is 5.69. The van der Waals surface area contributed by atoms with E-state index in [-0.39, 0.29) is 11.3 Å². The fourth-order valence-electron chi connectivity index (χ4n) is 1.24. The lowest BCUT2D eigenvalue weighted by Crippen LogP contribution is -2.14. The molecule has 1 aromatic rings. The Morgan fingerprint density at radius 3 is 2.38 bits per heavy atom. The van der Waals surface area contributed by atoms with E-state index in [1.54, 1.807) is 0 Å². The van der Waals surface area contributed by atoms with Crippen molar-refractivity contribution in [3.63, 3.8) is 0 Å². The molecule has 0 spiro atoms. The summed E-state index contributed by atoms with van der Waals surface area (Å²) in [4.78, 5) is 19.5. The molecule has 0 bridgehead atoms. The molecule has 0 saturated heterocycles. The highest BCUT2D eigenvalue weighted by molar-refractivity contribution is 7.38. The zero-order valence-electron chi connectivity index (χ0n) is 8.07. The molecule has 1 aromatic carbocycles. The van der Waals surface area contributed by atoms with Crippen LogP contribution in [0.4, 0.5) is 0 Å². The van der Waals surface area contributed by atoms with Gasteiger partial charge in [0.15, 0.2) is 17.7 Å². The molecule has 0 fully saturated rings. The minimum Gasteiger partial charge on any atom is -0.504 e. The number of hydrogen-bond acceptors (Lipinski definition) is 4. The van der Waals surface area contributed by atoms with E-state index < -0.39 is 31.8 Å². The van der Waals surface area contributed by atoms with Crippen LogP contribution in [0, 0.1) is 0 Å². The third-order valence-electron chi connectivity index (χ3n) is 2.04. The lowest BCUT2D eigenvalue weighted by molar-refractivity contribution is -0.138. The third kappa shape index (κ3) is 2.92. The molecule has 86 valence electrons. The number of hydrogen-bond donors (Lipinski definition) is 4. The van der Waals surface area contributed by atoms with E-state index in [2.05, 4.69) is 0 Å². The van der Waals surface area contributed by atoms with E-state index in [4.69, 9.17) is 15.1 Å². The quantitative estimate of drug-likeness (QED) is 0.464. The predicted octanol–water partition coefficient (Wildman–Crippen LogP) is 1.00. The monoisotopic (exact) mass is 245 g/mol. The molecule has 2 atom stereocenters. The van der Waals surface area contributed by atoms with Gasteiger partial charge in [0.25, 0.3) is 0 Å². The van der Waals surface area contributed by atoms with E-state index >= 15 is 0 Å². The molecule has 2 unspecified atom stereocenters. The van der Waals surface area contributed by atoms with Gasteiger partial charge >= 0.3 is 14.0 Å². The summed E-state index contributed by atoms with van der Waals surface area (Å²) in [5.74, 6) is -3.28. The normalized spacial score (nSPS) is 13.2. The number of benzene rings is 1. The number of phenols is 2. The molecular weight excluding hydrogens is 235 g/mol. The van der Waals surface area contributed by atoms with Gasteiger partial charge in [-0.05, 0) is 22.3 Å². The summed E-state index contributed by atoms with van der Waals surface area (Å²) in [5.41, 5.74) is 0.167. The number of phenolic OH excluding ortho intramolecular Hbond substituents is 2. The molecule has 0 aliphatic heterocycles. The van der Waals surface area contributed by atoms with Crippen LogP contribution in [0.15, 0.2) is 18.2 Å². The Hall–Kier alpha value is -1.65. The Kier molecular flexibility index (Phi) is 3.82. The van der Waals surface area contributed by atoms with E-state index in [1.807, 2.05) is 0 Å². The van der Waals surface area contributed by atoms with Gasteiger partial charge in [0.2, 0.25) is 0 Å². The van der Waals surface area contributed by atoms with Crippen LogP contribution in [0.1, 0.15) is 11.5 Å². The number of aromatic hydroxyl groups is 2. The van der Waals surface area contributed by atoms with Crippen molar-refractivity contribution in [2.24, 2.45) is 0 Å². The first-order chi connectivity index (χ1) is 7.41. The number of carbonyl (C=O) groups is 1. The maximum Gasteiger partial charge on any atom is 0.506 e. The van der Waals surface area contributed by atoms with Crippen molar-refractivity contribution < 1.29 is 29.6 Å². The van der Waals surface area contributed by atoms with Crippen LogP contribution in [-0.2, 0) is 9.36 Å². The topological polar surface area (TPSA) is 115 Å². The third-order valence-corrected chi connectivity index (χ3v) is 2.72. The van der Waals surface area contributed by atoms with Gasteiger partial charge in [-0.25, -0.2) is 0 Å². The number of carboxylic acid groups (broad SMARTS) is 1. The Bertz CT molecular complexity index is 430. The molecule has 1 rings (SSSR count). The SMILES string of the molecule is O=C(O)C(C[P+](=O)O)c1ccc(O)c(O)c1. The van der Waals surface area contributed by atoms with Crippen LogP contribution in [0.2, 0.25) is 0 Å². The van der Waals surface area contributed by atoms with Crippen LogP contribution < -0.4 is 0 Å². The van der Waals surface area contributed by atoms with Crippen LogP contribution in [0.25, 0.3) is 0 Å². The fourth-order valence-corrected chi connectivity index (χ4v) is 1.92. The zero-order valence-corrected chi connectivity index (χ0v) is 8.96. The Balaban J connectivity index is 3.06. The van der Waals surface area contributed by atoms with Gasteiger partial charge in [-0.15, -0.1) is 0 Å². The van der Waals surface area contributed by atoms with Crippen molar-refractivity contribution in [1.29, 1.82) is 0 Å². The Morgan fingerprint density at radius 2 is 1.94 bits per heavy atom. The van der Waals surface area contributed by atoms with Gasteiger partial charge in [0, 0.05) is 0 Å². The van der Waals surface area contributed by atoms with Crippen LogP contribution in [0.5, 0.6) is 11.5 Å². The summed E-state index contributed by atoms with van der Waals surface area (Å²) >= 11 is 0. The molecule has 0 aliphatic rings. The van der Waals surface area contributed by atoms with E-state index in [0.717, 1.165) is 12.1 Å². The highest BCUT2D eigenvalue weighted by Crippen LogP contribution is 2.32. The number of carboxylic acids is 1. The van der Waals surface area contributed by atoms with Gasteiger partial charge in [0.1, 0.15) is 5.92 Å². The highest BCUT2D eigenvalue weighted by atomic mass is 31.1. The lowest BCUT2D eigenvalue weighted by Gasteiger charge is -2.07. The molecule has 0 aromatic heterocycles. The van der Waals surface area contributed by atoms with Crippen LogP contribution in [-0.4, -0.2) is 32.3 Å². The number of rotatable bonds is 4. The molecule has 0 amide bonds. The molecule has 0 saturated carbocycles. The van der Waals surface area contributed by atoms with Crippen LogP contribution in [0.3, 0.4) is 0 Å². The fraction of sp³-hybridized carbons (Fsp3) is 0.222. The Labute approximate surface area is 91.7 Å². The van der Waals surface area contributed by atoms with Crippen molar-refractivity contribution in [2.75, 3.05) is 6.16 Å². The zero-order chi connectivity index (χ0) is 12.3. The standard InChI is InChI=1S/C9H9O6P/c10-7-2-1-5(3-8(7)11)6(9(12)13)4-16(14)15/h1-3,6H,4H2,(H3-,10,11,12,13,14,15)/p+1. The van der Waals surface area contributed by atoms with Crippen LogP contribution >= 0.6 is 8.03 Å². The summed E-state index contributed by atoms with van der Waals surface area (Å²) < 4.78 is 10.6. The van der Waals surface area contributed by atoms with Crippen molar-refractivity contribution in [3.8, 4) is 11.5 Å². The second-order valence-corrected chi connectivity index (χ2v) is 4.24. The molecule has 0 radical (unpaired) electrons. The molecular formula is C9H10O6P+. The first-order valence-electron chi connectivity index (χ1n) is 4.30. The van der Waals surface area contributed by atoms with Gasteiger partial charge in [-0.1, -0.05) is 6.07 Å². The van der Waals surface area contributed by atoms with Crippen molar-refractivity contribution in [3.05, 3.63) is 23.8 Å². The average molecular weight is 245 g/mol. The van der Waals surface area contributed by atoms with Gasteiger partial charge in [-0.2, -0.15) is 4.89 Å². The number of aliphatic carboxylic acids is 1. The van der Waals surface area contributed by atoms with Gasteiger partial charge in [0.05, 0.1) is 0 Å². The summed E-state index contributed by atoms with van der Waals surface area (Å²) in [6, 6.07) is 3.48. The van der Waals surface area contributed by atoms with E-state index in [1.165, 1.54) is 6.07 Å². The van der Waals surface area contributed by atoms with Crippen molar-refractivity contribution >= 4 is 14.0 Å². The lowest BCUT2D eigenvalue weighted by atomic mass is 10.0. The van der Waals surface area contributed by atoms with Gasteiger partial charge in [-0.3, -0.25) is 4.79 Å². The maximum atomic E-state index is 10.8. The molecule has 0 heterocycles. The average Bonchev–Trinajstić information content (AvgIpc) is 2.18. The molecule has 6 nitrogen and oxygen atoms in total. The largest absolute Gasteiger partial charge is 0.506 e. The second-order valence-electron chi connectivity index (χ2n) is 3.17. The predicted molar refractivity (Wildman–Crippen MR) is 54.8 cm³/mol.